The number of hydrogen-bond acceptors (Lipinski definition) is 4. The maximum Gasteiger partial charge on any atom is 0.256 e. The first-order valence-corrected chi connectivity index (χ1v) is 9.26. The van der Waals surface area contributed by atoms with Crippen molar-refractivity contribution in [3.63, 3.8) is 0 Å². The molecule has 0 spiro atoms. The summed E-state index contributed by atoms with van der Waals surface area (Å²) in [7, 11) is 0. The smallest absolute Gasteiger partial charge is 0.256 e. The van der Waals surface area contributed by atoms with Gasteiger partial charge in [-0.25, -0.2) is 4.98 Å². The number of hydrogen-bond donors (Lipinski definition) is 1. The lowest BCUT2D eigenvalue weighted by Crippen LogP contribution is -2.32. The Morgan fingerprint density at radius 3 is 2.81 bits per heavy atom. The largest absolute Gasteiger partial charge is 0.472 e. The predicted octanol–water partition coefficient (Wildman–Crippen LogP) is 2.74. The van der Waals surface area contributed by atoms with Crippen LogP contribution >= 0.6 is 0 Å². The molecule has 1 aromatic carbocycles. The Morgan fingerprint density at radius 2 is 2.07 bits per heavy atom. The molecule has 1 fully saturated rings. The van der Waals surface area contributed by atoms with Gasteiger partial charge in [-0.15, -0.1) is 0 Å². The predicted molar refractivity (Wildman–Crippen MR) is 103 cm³/mol. The number of nitrogens with one attached hydrogen (secondary N) is 1. The van der Waals surface area contributed by atoms with Gasteiger partial charge in [-0.1, -0.05) is 17.7 Å². The molecule has 1 unspecified atom stereocenters. The third-order valence-electron chi connectivity index (χ3n) is 4.68. The van der Waals surface area contributed by atoms with Crippen molar-refractivity contribution in [2.45, 2.75) is 33.3 Å². The summed E-state index contributed by atoms with van der Waals surface area (Å²) in [5.74, 6) is 0.125. The van der Waals surface area contributed by atoms with Crippen LogP contribution in [0.15, 0.2) is 36.5 Å². The molecule has 0 radical (unpaired) electrons. The molecule has 1 atom stereocenters. The van der Waals surface area contributed by atoms with Crippen molar-refractivity contribution in [3.05, 3.63) is 58.8 Å². The Labute approximate surface area is 159 Å². The van der Waals surface area contributed by atoms with Crippen LogP contribution in [0.4, 0.5) is 0 Å². The van der Waals surface area contributed by atoms with E-state index in [1.165, 1.54) is 0 Å². The minimum absolute atomic E-state index is 0.0172. The van der Waals surface area contributed by atoms with Gasteiger partial charge in [-0.3, -0.25) is 9.59 Å². The lowest BCUT2D eigenvalue weighted by Gasteiger charge is -2.19. The van der Waals surface area contributed by atoms with Gasteiger partial charge in [0.25, 0.3) is 11.8 Å². The van der Waals surface area contributed by atoms with Gasteiger partial charge < -0.3 is 15.0 Å². The van der Waals surface area contributed by atoms with Crippen LogP contribution in [0.25, 0.3) is 0 Å². The van der Waals surface area contributed by atoms with Crippen LogP contribution < -0.4 is 10.1 Å². The van der Waals surface area contributed by atoms with E-state index in [1.54, 1.807) is 23.2 Å². The van der Waals surface area contributed by atoms with Crippen LogP contribution in [0.3, 0.4) is 0 Å². The third-order valence-corrected chi connectivity index (χ3v) is 4.68. The molecule has 27 heavy (non-hydrogen) atoms. The first-order valence-electron chi connectivity index (χ1n) is 9.26. The molecule has 6 heteroatoms. The van der Waals surface area contributed by atoms with Gasteiger partial charge in [0.1, 0.15) is 11.7 Å². The SMILES string of the molecule is CCNC(=O)c1cccnc1OC1CCN(C(=O)c2ccc(C)cc2C)C1. The van der Waals surface area contributed by atoms with Crippen LogP contribution in [-0.4, -0.2) is 47.4 Å². The molecule has 0 aliphatic carbocycles. The Balaban J connectivity index is 1.68. The second-order valence-electron chi connectivity index (χ2n) is 6.81. The van der Waals surface area contributed by atoms with E-state index in [-0.39, 0.29) is 17.9 Å². The van der Waals surface area contributed by atoms with Crippen LogP contribution in [0, 0.1) is 13.8 Å². The van der Waals surface area contributed by atoms with Crippen molar-refractivity contribution in [2.75, 3.05) is 19.6 Å². The molecule has 142 valence electrons. The number of pyridine rings is 1. The lowest BCUT2D eigenvalue weighted by molar-refractivity contribution is 0.0768. The highest BCUT2D eigenvalue weighted by Crippen LogP contribution is 2.22. The molecular formula is C21H25N3O3. The van der Waals surface area contributed by atoms with Gasteiger partial charge in [0.15, 0.2) is 0 Å². The zero-order chi connectivity index (χ0) is 19.4. The third kappa shape index (κ3) is 4.27. The zero-order valence-electron chi connectivity index (χ0n) is 16.0. The molecular weight excluding hydrogens is 342 g/mol. The molecule has 2 amide bonds. The molecule has 1 aromatic heterocycles. The van der Waals surface area contributed by atoms with Crippen molar-refractivity contribution in [1.29, 1.82) is 0 Å². The normalized spacial score (nSPS) is 16.3. The van der Waals surface area contributed by atoms with Gasteiger partial charge in [0.2, 0.25) is 5.88 Å². The molecule has 3 rings (SSSR count). The monoisotopic (exact) mass is 367 g/mol. The number of likely N-dealkylation sites (tertiary alicyclic amines) is 1. The van der Waals surface area contributed by atoms with Gasteiger partial charge in [0.05, 0.1) is 6.54 Å². The quantitative estimate of drug-likeness (QED) is 0.882. The van der Waals surface area contributed by atoms with E-state index in [9.17, 15) is 9.59 Å². The number of carbonyl (C=O) groups excluding carboxylic acids is 2. The summed E-state index contributed by atoms with van der Waals surface area (Å²) in [4.78, 5) is 31.0. The molecule has 1 aliphatic heterocycles. The fraction of sp³-hybridized carbons (Fsp3) is 0.381. The van der Waals surface area contributed by atoms with Crippen molar-refractivity contribution < 1.29 is 14.3 Å². The summed E-state index contributed by atoms with van der Waals surface area (Å²) in [6.45, 7) is 7.48. The summed E-state index contributed by atoms with van der Waals surface area (Å²) in [6, 6.07) is 9.26. The number of rotatable bonds is 5. The maximum absolute atomic E-state index is 12.8. The summed E-state index contributed by atoms with van der Waals surface area (Å²) < 4.78 is 5.97. The Bertz CT molecular complexity index is 850. The summed E-state index contributed by atoms with van der Waals surface area (Å²) in [6.07, 6.45) is 2.14. The number of aryl methyl sites for hydroxylation is 2. The van der Waals surface area contributed by atoms with Gasteiger partial charge in [-0.2, -0.15) is 0 Å². The van der Waals surface area contributed by atoms with Crippen LogP contribution in [0.5, 0.6) is 5.88 Å². The highest BCUT2D eigenvalue weighted by Gasteiger charge is 2.30. The Hall–Kier alpha value is -2.89. The second-order valence-corrected chi connectivity index (χ2v) is 6.81. The van der Waals surface area contributed by atoms with Crippen molar-refractivity contribution >= 4 is 11.8 Å². The standard InChI is InChI=1S/C21H25N3O3/c1-4-22-19(25)18-6-5-10-23-20(18)27-16-9-11-24(13-16)21(26)17-8-7-14(2)12-15(17)3/h5-8,10,12,16H,4,9,11,13H2,1-3H3,(H,22,25). The Kier molecular flexibility index (Phi) is 5.74. The highest BCUT2D eigenvalue weighted by atomic mass is 16.5. The molecule has 2 heterocycles. The Morgan fingerprint density at radius 1 is 1.26 bits per heavy atom. The summed E-state index contributed by atoms with van der Waals surface area (Å²) in [5.41, 5.74) is 3.26. The number of amides is 2. The first-order chi connectivity index (χ1) is 13.0. The fourth-order valence-electron chi connectivity index (χ4n) is 3.30. The molecule has 1 aliphatic rings. The van der Waals surface area contributed by atoms with Crippen LogP contribution in [-0.2, 0) is 0 Å². The molecule has 1 saturated heterocycles. The highest BCUT2D eigenvalue weighted by molar-refractivity contribution is 5.96. The van der Waals surface area contributed by atoms with E-state index in [0.717, 1.165) is 16.7 Å². The number of benzene rings is 1. The number of aromatic nitrogens is 1. The molecule has 6 nitrogen and oxygen atoms in total. The zero-order valence-corrected chi connectivity index (χ0v) is 16.0. The van der Waals surface area contributed by atoms with Crippen LogP contribution in [0.1, 0.15) is 45.2 Å². The van der Waals surface area contributed by atoms with E-state index >= 15 is 0 Å². The fourth-order valence-corrected chi connectivity index (χ4v) is 3.30. The lowest BCUT2D eigenvalue weighted by atomic mass is 10.0. The van der Waals surface area contributed by atoms with Crippen molar-refractivity contribution in [3.8, 4) is 5.88 Å². The number of ether oxygens (including phenoxy) is 1. The molecule has 0 bridgehead atoms. The van der Waals surface area contributed by atoms with E-state index < -0.39 is 0 Å². The van der Waals surface area contributed by atoms with E-state index in [1.807, 2.05) is 39.0 Å². The van der Waals surface area contributed by atoms with Crippen molar-refractivity contribution in [1.82, 2.24) is 15.2 Å². The van der Waals surface area contributed by atoms with Crippen LogP contribution in [0.2, 0.25) is 0 Å². The average molecular weight is 367 g/mol. The maximum atomic E-state index is 12.8. The number of nitrogens with zero attached hydrogens (tertiary/aromatic N) is 2. The van der Waals surface area contributed by atoms with Gasteiger partial charge in [0, 0.05) is 31.3 Å². The van der Waals surface area contributed by atoms with E-state index in [4.69, 9.17) is 4.74 Å². The van der Waals surface area contributed by atoms with E-state index in [0.29, 0.717) is 37.5 Å². The number of carbonyl (C=O) groups is 2. The average Bonchev–Trinajstić information content (AvgIpc) is 3.10. The topological polar surface area (TPSA) is 71.5 Å². The first kappa shape index (κ1) is 18.9. The summed E-state index contributed by atoms with van der Waals surface area (Å²) >= 11 is 0. The summed E-state index contributed by atoms with van der Waals surface area (Å²) in [5, 5.41) is 2.76. The molecule has 2 aromatic rings. The van der Waals surface area contributed by atoms with Gasteiger partial charge >= 0.3 is 0 Å². The molecule has 1 N–H and O–H groups in total. The minimum atomic E-state index is -0.207. The van der Waals surface area contributed by atoms with Crippen molar-refractivity contribution in [2.24, 2.45) is 0 Å². The van der Waals surface area contributed by atoms with E-state index in [2.05, 4.69) is 10.3 Å². The second kappa shape index (κ2) is 8.20. The van der Waals surface area contributed by atoms with Gasteiger partial charge in [-0.05, 0) is 44.5 Å². The minimum Gasteiger partial charge on any atom is -0.472 e. The molecule has 0 saturated carbocycles.